The molecule has 0 spiro atoms. The van der Waals surface area contributed by atoms with Gasteiger partial charge >= 0.3 is 0 Å². The smallest absolute Gasteiger partial charge is 0.227 e. The minimum Gasteiger partial charge on any atom is -0.339 e. The molecule has 3 nitrogen and oxygen atoms in total. The van der Waals surface area contributed by atoms with Crippen molar-refractivity contribution in [2.24, 2.45) is 17.6 Å². The monoisotopic (exact) mass is 226 g/mol. The quantitative estimate of drug-likeness (QED) is 0.722. The highest BCUT2D eigenvalue weighted by Crippen LogP contribution is 2.29. The lowest BCUT2D eigenvalue weighted by Gasteiger charge is -2.27. The number of hydrogen-bond acceptors (Lipinski definition) is 2. The van der Waals surface area contributed by atoms with Crippen LogP contribution in [-0.2, 0) is 4.79 Å². The molecule has 0 aromatic rings. The molecule has 1 fully saturated rings. The molecule has 1 unspecified atom stereocenters. The van der Waals surface area contributed by atoms with E-state index >= 15 is 0 Å². The number of carbonyl (C=O) groups excluding carboxylic acids is 1. The Morgan fingerprint density at radius 2 is 2.06 bits per heavy atom. The third-order valence-electron chi connectivity index (χ3n) is 3.12. The van der Waals surface area contributed by atoms with Crippen LogP contribution >= 0.6 is 0 Å². The molecule has 0 bridgehead atoms. The third-order valence-corrected chi connectivity index (χ3v) is 3.12. The van der Waals surface area contributed by atoms with Crippen molar-refractivity contribution in [1.82, 2.24) is 4.90 Å². The highest BCUT2D eigenvalue weighted by Gasteiger charge is 2.34. The predicted molar refractivity (Wildman–Crippen MR) is 67.0 cm³/mol. The van der Waals surface area contributed by atoms with Gasteiger partial charge in [-0.2, -0.15) is 0 Å². The van der Waals surface area contributed by atoms with Crippen LogP contribution in [-0.4, -0.2) is 29.9 Å². The first-order valence-electron chi connectivity index (χ1n) is 6.60. The molecular weight excluding hydrogens is 200 g/mol. The first-order valence-corrected chi connectivity index (χ1v) is 6.60. The van der Waals surface area contributed by atoms with E-state index in [0.717, 1.165) is 19.4 Å². The summed E-state index contributed by atoms with van der Waals surface area (Å²) in [5, 5.41) is 0. The summed E-state index contributed by atoms with van der Waals surface area (Å²) in [4.78, 5) is 14.4. The Balaban J connectivity index is 2.55. The van der Waals surface area contributed by atoms with Crippen LogP contribution in [0.25, 0.3) is 0 Å². The van der Waals surface area contributed by atoms with E-state index < -0.39 is 0 Å². The number of rotatable bonds is 7. The normalized spacial score (nSPS) is 17.6. The van der Waals surface area contributed by atoms with Crippen LogP contribution in [0.4, 0.5) is 0 Å². The standard InChI is InChI=1S/C13H26N2O/c1-4-7-15(12-5-6-12)13(16)11(9-14)8-10(2)3/h10-12H,4-9,14H2,1-3H3. The van der Waals surface area contributed by atoms with E-state index in [-0.39, 0.29) is 5.92 Å². The molecule has 3 heteroatoms. The molecule has 1 saturated carbocycles. The van der Waals surface area contributed by atoms with Crippen molar-refractivity contribution in [2.75, 3.05) is 13.1 Å². The molecule has 1 aliphatic carbocycles. The molecule has 1 rings (SSSR count). The number of nitrogens with two attached hydrogens (primary N) is 1. The van der Waals surface area contributed by atoms with Crippen LogP contribution in [0.15, 0.2) is 0 Å². The molecule has 94 valence electrons. The Kier molecular flexibility index (Phi) is 5.26. The first kappa shape index (κ1) is 13.5. The maximum atomic E-state index is 12.3. The Labute approximate surface area is 99.4 Å². The minimum absolute atomic E-state index is 0.0344. The molecule has 0 heterocycles. The zero-order chi connectivity index (χ0) is 12.1. The molecule has 16 heavy (non-hydrogen) atoms. The van der Waals surface area contributed by atoms with Crippen molar-refractivity contribution in [3.05, 3.63) is 0 Å². The second-order valence-corrected chi connectivity index (χ2v) is 5.32. The average molecular weight is 226 g/mol. The lowest BCUT2D eigenvalue weighted by atomic mass is 9.95. The van der Waals surface area contributed by atoms with Crippen LogP contribution in [0.1, 0.15) is 46.5 Å². The third kappa shape index (κ3) is 3.78. The van der Waals surface area contributed by atoms with Gasteiger partial charge < -0.3 is 10.6 Å². The Bertz CT molecular complexity index is 224. The van der Waals surface area contributed by atoms with Gasteiger partial charge in [-0.3, -0.25) is 4.79 Å². The fourth-order valence-electron chi connectivity index (χ4n) is 2.20. The first-order chi connectivity index (χ1) is 7.60. The van der Waals surface area contributed by atoms with Crippen molar-refractivity contribution < 1.29 is 4.79 Å². The fourth-order valence-corrected chi connectivity index (χ4v) is 2.20. The summed E-state index contributed by atoms with van der Waals surface area (Å²) in [6, 6.07) is 0.522. The minimum atomic E-state index is 0.0344. The van der Waals surface area contributed by atoms with Gasteiger partial charge in [0.15, 0.2) is 0 Å². The highest BCUT2D eigenvalue weighted by atomic mass is 16.2. The van der Waals surface area contributed by atoms with Gasteiger partial charge in [-0.1, -0.05) is 20.8 Å². The second-order valence-electron chi connectivity index (χ2n) is 5.32. The number of nitrogens with zero attached hydrogens (tertiary/aromatic N) is 1. The summed E-state index contributed by atoms with van der Waals surface area (Å²) in [5.74, 6) is 0.868. The molecule has 1 atom stereocenters. The summed E-state index contributed by atoms with van der Waals surface area (Å²) in [6.07, 6.45) is 4.33. The summed E-state index contributed by atoms with van der Waals surface area (Å²) in [6.45, 7) is 7.82. The van der Waals surface area contributed by atoms with Crippen molar-refractivity contribution in [3.63, 3.8) is 0 Å². The maximum Gasteiger partial charge on any atom is 0.227 e. The zero-order valence-corrected chi connectivity index (χ0v) is 10.9. The molecule has 2 N–H and O–H groups in total. The Hall–Kier alpha value is -0.570. The van der Waals surface area contributed by atoms with E-state index in [1.165, 1.54) is 12.8 Å². The van der Waals surface area contributed by atoms with Gasteiger partial charge in [0.05, 0.1) is 5.92 Å². The highest BCUT2D eigenvalue weighted by molar-refractivity contribution is 5.79. The lowest BCUT2D eigenvalue weighted by molar-refractivity contribution is -0.136. The molecular formula is C13H26N2O. The largest absolute Gasteiger partial charge is 0.339 e. The molecule has 1 aliphatic rings. The van der Waals surface area contributed by atoms with Crippen molar-refractivity contribution in [1.29, 1.82) is 0 Å². The van der Waals surface area contributed by atoms with Crippen LogP contribution in [0.2, 0.25) is 0 Å². The van der Waals surface area contributed by atoms with Gasteiger partial charge in [0, 0.05) is 19.1 Å². The van der Waals surface area contributed by atoms with Crippen molar-refractivity contribution in [2.45, 2.75) is 52.5 Å². The topological polar surface area (TPSA) is 46.3 Å². The van der Waals surface area contributed by atoms with Gasteiger partial charge in [-0.05, 0) is 31.6 Å². The van der Waals surface area contributed by atoms with Gasteiger partial charge in [0.25, 0.3) is 0 Å². The average Bonchev–Trinajstić information content (AvgIpc) is 3.05. The molecule has 0 saturated heterocycles. The molecule has 0 aromatic carbocycles. The zero-order valence-electron chi connectivity index (χ0n) is 10.9. The van der Waals surface area contributed by atoms with E-state index in [1.807, 2.05) is 0 Å². The van der Waals surface area contributed by atoms with E-state index in [2.05, 4.69) is 25.7 Å². The van der Waals surface area contributed by atoms with E-state index in [4.69, 9.17) is 5.73 Å². The second kappa shape index (κ2) is 6.24. The van der Waals surface area contributed by atoms with Crippen molar-refractivity contribution in [3.8, 4) is 0 Å². The van der Waals surface area contributed by atoms with Gasteiger partial charge in [-0.25, -0.2) is 0 Å². The molecule has 0 radical (unpaired) electrons. The van der Waals surface area contributed by atoms with Gasteiger partial charge in [0.2, 0.25) is 5.91 Å². The van der Waals surface area contributed by atoms with Crippen molar-refractivity contribution >= 4 is 5.91 Å². The SMILES string of the molecule is CCCN(C(=O)C(CN)CC(C)C)C1CC1. The van der Waals surface area contributed by atoms with Crippen LogP contribution in [0, 0.1) is 11.8 Å². The summed E-state index contributed by atoms with van der Waals surface area (Å²) >= 11 is 0. The van der Waals surface area contributed by atoms with Gasteiger partial charge in [-0.15, -0.1) is 0 Å². The predicted octanol–water partition coefficient (Wildman–Crippen LogP) is 2.01. The summed E-state index contributed by atoms with van der Waals surface area (Å²) in [7, 11) is 0. The summed E-state index contributed by atoms with van der Waals surface area (Å²) < 4.78 is 0. The Morgan fingerprint density at radius 1 is 1.44 bits per heavy atom. The summed E-state index contributed by atoms with van der Waals surface area (Å²) in [5.41, 5.74) is 5.73. The van der Waals surface area contributed by atoms with E-state index in [0.29, 0.717) is 24.4 Å². The number of amides is 1. The lowest BCUT2D eigenvalue weighted by Crippen LogP contribution is -2.41. The van der Waals surface area contributed by atoms with E-state index in [9.17, 15) is 4.79 Å². The maximum absolute atomic E-state index is 12.3. The molecule has 1 amide bonds. The van der Waals surface area contributed by atoms with Gasteiger partial charge in [0.1, 0.15) is 0 Å². The number of carbonyl (C=O) groups is 1. The Morgan fingerprint density at radius 3 is 2.44 bits per heavy atom. The van der Waals surface area contributed by atoms with Crippen LogP contribution in [0.3, 0.4) is 0 Å². The number of hydrogen-bond donors (Lipinski definition) is 1. The molecule has 0 aromatic heterocycles. The fraction of sp³-hybridized carbons (Fsp3) is 0.923. The van der Waals surface area contributed by atoms with E-state index in [1.54, 1.807) is 0 Å². The molecule has 0 aliphatic heterocycles. The van der Waals surface area contributed by atoms with Crippen LogP contribution < -0.4 is 5.73 Å². The van der Waals surface area contributed by atoms with Crippen LogP contribution in [0.5, 0.6) is 0 Å².